The fourth-order valence-electron chi connectivity index (χ4n) is 4.79. The lowest BCUT2D eigenvalue weighted by Gasteiger charge is -2.25. The highest BCUT2D eigenvalue weighted by molar-refractivity contribution is 6.03. The largest absolute Gasteiger partial charge is 0.340 e. The molecule has 152 valence electrons. The lowest BCUT2D eigenvalue weighted by atomic mass is 9.85. The molecule has 0 amide bonds. The standard InChI is InChI=1S/C30H27N/c1-22-13-9-11-19-26(22)29-28(24-15-5-3-6-16-24)21-31(25-17-7-4-8-18-25)30(29)27-20-12-10-14-23(27)2/h3-20,28H,21H2,1-2H3. The van der Waals surface area contributed by atoms with E-state index in [2.05, 4.69) is 128 Å². The third-order valence-electron chi connectivity index (χ3n) is 6.34. The minimum absolute atomic E-state index is 0.303. The third-order valence-corrected chi connectivity index (χ3v) is 6.34. The average molecular weight is 402 g/mol. The molecule has 4 aromatic rings. The highest BCUT2D eigenvalue weighted by Gasteiger charge is 2.35. The Balaban J connectivity index is 1.83. The first-order valence-corrected chi connectivity index (χ1v) is 11.0. The molecule has 1 aliphatic heterocycles. The molecule has 31 heavy (non-hydrogen) atoms. The summed E-state index contributed by atoms with van der Waals surface area (Å²) in [6.07, 6.45) is 0. The number of hydrogen-bond donors (Lipinski definition) is 0. The van der Waals surface area contributed by atoms with Crippen LogP contribution in [0.4, 0.5) is 5.69 Å². The molecule has 0 spiro atoms. The number of hydrogen-bond acceptors (Lipinski definition) is 1. The van der Waals surface area contributed by atoms with Crippen molar-refractivity contribution >= 4 is 17.0 Å². The normalized spacial score (nSPS) is 16.1. The zero-order valence-corrected chi connectivity index (χ0v) is 18.1. The van der Waals surface area contributed by atoms with Gasteiger partial charge in [0.2, 0.25) is 0 Å². The summed E-state index contributed by atoms with van der Waals surface area (Å²) < 4.78 is 0. The fraction of sp³-hybridized carbons (Fsp3) is 0.133. The van der Waals surface area contributed by atoms with Gasteiger partial charge in [0.05, 0.1) is 5.70 Å². The van der Waals surface area contributed by atoms with Crippen LogP contribution in [-0.2, 0) is 0 Å². The van der Waals surface area contributed by atoms with E-state index in [1.165, 1.54) is 44.8 Å². The SMILES string of the molecule is Cc1ccccc1C1=C(c2ccccc2C)N(c2ccccc2)CC1c1ccccc1. The Labute approximate surface area is 185 Å². The van der Waals surface area contributed by atoms with Crippen LogP contribution in [0.5, 0.6) is 0 Å². The Hall–Kier alpha value is -3.58. The molecular weight excluding hydrogens is 374 g/mol. The van der Waals surface area contributed by atoms with E-state index < -0.39 is 0 Å². The summed E-state index contributed by atoms with van der Waals surface area (Å²) in [6, 6.07) is 39.3. The second-order valence-corrected chi connectivity index (χ2v) is 8.30. The second kappa shape index (κ2) is 8.28. The van der Waals surface area contributed by atoms with Crippen LogP contribution < -0.4 is 4.90 Å². The van der Waals surface area contributed by atoms with Crippen LogP contribution in [0.25, 0.3) is 11.3 Å². The fourth-order valence-corrected chi connectivity index (χ4v) is 4.79. The summed E-state index contributed by atoms with van der Waals surface area (Å²) in [5, 5.41) is 0. The third kappa shape index (κ3) is 3.57. The van der Waals surface area contributed by atoms with Gasteiger partial charge in [-0.2, -0.15) is 0 Å². The number of nitrogens with zero attached hydrogens (tertiary/aromatic N) is 1. The van der Waals surface area contributed by atoms with Crippen molar-refractivity contribution in [1.29, 1.82) is 0 Å². The van der Waals surface area contributed by atoms with Crippen LogP contribution in [-0.4, -0.2) is 6.54 Å². The molecule has 0 aromatic heterocycles. The van der Waals surface area contributed by atoms with E-state index in [1.54, 1.807) is 0 Å². The number of benzene rings is 4. The number of rotatable bonds is 4. The van der Waals surface area contributed by atoms with Gasteiger partial charge in [0.1, 0.15) is 0 Å². The Kier molecular flexibility index (Phi) is 5.18. The molecule has 0 fully saturated rings. The van der Waals surface area contributed by atoms with Gasteiger partial charge in [0.25, 0.3) is 0 Å². The van der Waals surface area contributed by atoms with Crippen molar-refractivity contribution in [3.63, 3.8) is 0 Å². The lowest BCUT2D eigenvalue weighted by Crippen LogP contribution is -2.20. The lowest BCUT2D eigenvalue weighted by molar-refractivity contribution is 0.880. The van der Waals surface area contributed by atoms with Crippen LogP contribution in [0.1, 0.15) is 33.7 Å². The average Bonchev–Trinajstić information content (AvgIpc) is 3.21. The van der Waals surface area contributed by atoms with Crippen LogP contribution in [0.2, 0.25) is 0 Å². The van der Waals surface area contributed by atoms with Gasteiger partial charge < -0.3 is 4.90 Å². The number of anilines is 1. The predicted octanol–water partition coefficient (Wildman–Crippen LogP) is 7.48. The summed E-state index contributed by atoms with van der Waals surface area (Å²) in [5.74, 6) is 0.303. The molecule has 1 atom stereocenters. The van der Waals surface area contributed by atoms with Crippen LogP contribution in [0, 0.1) is 13.8 Å². The van der Waals surface area contributed by atoms with Gasteiger partial charge in [-0.25, -0.2) is 0 Å². The molecule has 0 saturated carbocycles. The van der Waals surface area contributed by atoms with E-state index >= 15 is 0 Å². The molecule has 5 rings (SSSR count). The minimum atomic E-state index is 0.303. The summed E-state index contributed by atoms with van der Waals surface area (Å²) >= 11 is 0. The van der Waals surface area contributed by atoms with E-state index in [-0.39, 0.29) is 0 Å². The van der Waals surface area contributed by atoms with Crippen LogP contribution >= 0.6 is 0 Å². The zero-order valence-electron chi connectivity index (χ0n) is 18.1. The van der Waals surface area contributed by atoms with Crippen molar-refractivity contribution in [1.82, 2.24) is 0 Å². The first kappa shape index (κ1) is 19.4. The topological polar surface area (TPSA) is 3.24 Å². The van der Waals surface area contributed by atoms with Gasteiger partial charge in [-0.1, -0.05) is 97.1 Å². The Bertz CT molecular complexity index is 1120. The van der Waals surface area contributed by atoms with Crippen molar-refractivity contribution in [2.45, 2.75) is 19.8 Å². The quantitative estimate of drug-likeness (QED) is 0.343. The molecule has 0 N–H and O–H groups in total. The molecule has 1 nitrogen and oxygen atoms in total. The maximum absolute atomic E-state index is 2.52. The van der Waals surface area contributed by atoms with Gasteiger partial charge in [-0.05, 0) is 53.8 Å². The molecule has 0 aliphatic carbocycles. The van der Waals surface area contributed by atoms with E-state index in [4.69, 9.17) is 0 Å². The van der Waals surface area contributed by atoms with Gasteiger partial charge in [0.15, 0.2) is 0 Å². The van der Waals surface area contributed by atoms with Crippen molar-refractivity contribution in [3.05, 3.63) is 137 Å². The minimum Gasteiger partial charge on any atom is -0.340 e. The van der Waals surface area contributed by atoms with Gasteiger partial charge >= 0.3 is 0 Å². The zero-order chi connectivity index (χ0) is 21.2. The van der Waals surface area contributed by atoms with E-state index in [1.807, 2.05) is 0 Å². The van der Waals surface area contributed by atoms with E-state index in [9.17, 15) is 0 Å². The van der Waals surface area contributed by atoms with Gasteiger partial charge in [0, 0.05) is 23.7 Å². The smallest absolute Gasteiger partial charge is 0.0532 e. The number of aryl methyl sites for hydroxylation is 2. The van der Waals surface area contributed by atoms with Gasteiger partial charge in [-0.3, -0.25) is 0 Å². The van der Waals surface area contributed by atoms with E-state index in [0.717, 1.165) is 6.54 Å². The first-order valence-electron chi connectivity index (χ1n) is 11.0. The summed E-state index contributed by atoms with van der Waals surface area (Å²) in [6.45, 7) is 5.38. The summed E-state index contributed by atoms with van der Waals surface area (Å²) in [7, 11) is 0. The Morgan fingerprint density at radius 3 is 1.71 bits per heavy atom. The van der Waals surface area contributed by atoms with E-state index in [0.29, 0.717) is 5.92 Å². The summed E-state index contributed by atoms with van der Waals surface area (Å²) in [4.78, 5) is 2.52. The Morgan fingerprint density at radius 2 is 1.10 bits per heavy atom. The van der Waals surface area contributed by atoms with Crippen LogP contribution in [0.15, 0.2) is 109 Å². The van der Waals surface area contributed by atoms with Gasteiger partial charge in [-0.15, -0.1) is 0 Å². The summed E-state index contributed by atoms with van der Waals surface area (Å²) in [5.41, 5.74) is 10.6. The molecule has 0 radical (unpaired) electrons. The predicted molar refractivity (Wildman–Crippen MR) is 132 cm³/mol. The van der Waals surface area contributed by atoms with Crippen molar-refractivity contribution in [2.24, 2.45) is 0 Å². The maximum Gasteiger partial charge on any atom is 0.0532 e. The molecule has 0 bridgehead atoms. The molecule has 1 heteroatoms. The maximum atomic E-state index is 2.52. The highest BCUT2D eigenvalue weighted by atomic mass is 15.2. The first-order chi connectivity index (χ1) is 15.2. The molecule has 1 heterocycles. The monoisotopic (exact) mass is 401 g/mol. The molecular formula is C30H27N. The Morgan fingerprint density at radius 1 is 0.581 bits per heavy atom. The van der Waals surface area contributed by atoms with Crippen LogP contribution in [0.3, 0.4) is 0 Å². The van der Waals surface area contributed by atoms with Crippen molar-refractivity contribution in [2.75, 3.05) is 11.4 Å². The molecule has 1 aliphatic rings. The molecule has 1 unspecified atom stereocenters. The number of para-hydroxylation sites is 1. The highest BCUT2D eigenvalue weighted by Crippen LogP contribution is 2.48. The molecule has 4 aromatic carbocycles. The van der Waals surface area contributed by atoms with Crippen molar-refractivity contribution < 1.29 is 0 Å². The molecule has 0 saturated heterocycles. The van der Waals surface area contributed by atoms with Crippen molar-refractivity contribution in [3.8, 4) is 0 Å². The second-order valence-electron chi connectivity index (χ2n) is 8.30.